The van der Waals surface area contributed by atoms with Gasteiger partial charge in [-0.1, -0.05) is 0 Å². The second-order valence-electron chi connectivity index (χ2n) is 2.66. The normalized spacial score (nSPS) is 11.4. The lowest BCUT2D eigenvalue weighted by Crippen LogP contribution is -2.10. The van der Waals surface area contributed by atoms with Gasteiger partial charge in [0.25, 0.3) is 0 Å². The third-order valence-corrected chi connectivity index (χ3v) is 2.61. The van der Waals surface area contributed by atoms with Crippen LogP contribution in [0.25, 0.3) is 0 Å². The van der Waals surface area contributed by atoms with Crippen molar-refractivity contribution >= 4 is 9.84 Å². The van der Waals surface area contributed by atoms with Crippen LogP contribution in [-0.4, -0.2) is 31.8 Å². The van der Waals surface area contributed by atoms with E-state index >= 15 is 0 Å². The molecule has 6 nitrogen and oxygen atoms in total. The molecule has 0 unspecified atom stereocenters. The zero-order chi connectivity index (χ0) is 10.8. The van der Waals surface area contributed by atoms with Crippen molar-refractivity contribution in [1.82, 2.24) is 9.97 Å². The first-order valence-electron chi connectivity index (χ1n) is 3.79. The molecule has 0 aliphatic carbocycles. The highest BCUT2D eigenvalue weighted by atomic mass is 32.2. The Labute approximate surface area is 82.0 Å². The molecule has 2 N–H and O–H groups in total. The van der Waals surface area contributed by atoms with Gasteiger partial charge in [0.2, 0.25) is 0 Å². The summed E-state index contributed by atoms with van der Waals surface area (Å²) >= 11 is 0. The number of aromatic nitrogens is 2. The van der Waals surface area contributed by atoms with Crippen LogP contribution < -0.4 is 10.5 Å². The molecule has 1 heterocycles. The minimum absolute atomic E-state index is 0.0163. The van der Waals surface area contributed by atoms with Gasteiger partial charge in [0.1, 0.15) is 0 Å². The van der Waals surface area contributed by atoms with Gasteiger partial charge in [0.05, 0.1) is 7.11 Å². The Morgan fingerprint density at radius 1 is 1.57 bits per heavy atom. The van der Waals surface area contributed by atoms with Crippen LogP contribution in [0.2, 0.25) is 0 Å². The predicted molar refractivity (Wildman–Crippen MR) is 49.6 cm³/mol. The molecule has 0 bridgehead atoms. The Morgan fingerprint density at radius 3 is 2.64 bits per heavy atom. The highest BCUT2D eigenvalue weighted by Gasteiger charge is 2.16. The zero-order valence-corrected chi connectivity index (χ0v) is 8.71. The fraction of sp³-hybridized carbons (Fsp3) is 0.429. The summed E-state index contributed by atoms with van der Waals surface area (Å²) in [7, 11) is -2.02. The van der Waals surface area contributed by atoms with Crippen LogP contribution >= 0.6 is 0 Å². The quantitative estimate of drug-likeness (QED) is 0.676. The van der Waals surface area contributed by atoms with E-state index in [-0.39, 0.29) is 17.6 Å². The second kappa shape index (κ2) is 3.89. The summed E-state index contributed by atoms with van der Waals surface area (Å²) in [6.07, 6.45) is 2.41. The van der Waals surface area contributed by atoms with E-state index in [0.717, 1.165) is 6.26 Å². The molecule has 0 spiro atoms. The monoisotopic (exact) mass is 217 g/mol. The molecule has 1 aromatic rings. The average Bonchev–Trinajstić information content (AvgIpc) is 2.15. The SMILES string of the molecule is COc1ncc(CN)c(S(C)(=O)=O)n1. The van der Waals surface area contributed by atoms with Crippen LogP contribution in [0.1, 0.15) is 5.56 Å². The van der Waals surface area contributed by atoms with Gasteiger partial charge in [-0.15, -0.1) is 0 Å². The summed E-state index contributed by atoms with van der Waals surface area (Å²) in [5.41, 5.74) is 5.74. The lowest BCUT2D eigenvalue weighted by Gasteiger charge is -2.05. The molecule has 0 fully saturated rings. The van der Waals surface area contributed by atoms with Crippen LogP contribution in [-0.2, 0) is 16.4 Å². The largest absolute Gasteiger partial charge is 0.467 e. The Kier molecular flexibility index (Phi) is 3.02. The summed E-state index contributed by atoms with van der Waals surface area (Å²) < 4.78 is 27.3. The molecular formula is C7H11N3O3S. The molecule has 0 atom stereocenters. The molecular weight excluding hydrogens is 206 g/mol. The van der Waals surface area contributed by atoms with Crippen LogP contribution in [0.5, 0.6) is 6.01 Å². The van der Waals surface area contributed by atoms with E-state index in [1.165, 1.54) is 13.3 Å². The number of sulfone groups is 1. The molecule has 0 saturated carbocycles. The Hall–Kier alpha value is -1.21. The van der Waals surface area contributed by atoms with Crippen molar-refractivity contribution in [3.05, 3.63) is 11.8 Å². The Balaban J connectivity index is 3.37. The van der Waals surface area contributed by atoms with Gasteiger partial charge < -0.3 is 10.5 Å². The van der Waals surface area contributed by atoms with Crippen molar-refractivity contribution in [1.29, 1.82) is 0 Å². The number of hydrogen-bond acceptors (Lipinski definition) is 6. The second-order valence-corrected chi connectivity index (χ2v) is 4.59. The number of nitrogens with two attached hydrogens (primary N) is 1. The standard InChI is InChI=1S/C7H11N3O3S/c1-13-7-9-4-5(3-8)6(10-7)14(2,11)12/h4H,3,8H2,1-2H3. The molecule has 0 radical (unpaired) electrons. The van der Waals surface area contributed by atoms with Crippen molar-refractivity contribution in [2.45, 2.75) is 11.6 Å². The van der Waals surface area contributed by atoms with Crippen molar-refractivity contribution in [2.24, 2.45) is 5.73 Å². The number of rotatable bonds is 3. The van der Waals surface area contributed by atoms with Gasteiger partial charge in [0, 0.05) is 24.6 Å². The number of nitrogens with zero attached hydrogens (tertiary/aromatic N) is 2. The molecule has 7 heteroatoms. The minimum Gasteiger partial charge on any atom is -0.467 e. The van der Waals surface area contributed by atoms with Gasteiger partial charge in [-0.25, -0.2) is 13.4 Å². The molecule has 0 aliphatic rings. The zero-order valence-electron chi connectivity index (χ0n) is 7.89. The van der Waals surface area contributed by atoms with Crippen molar-refractivity contribution in [3.8, 4) is 6.01 Å². The molecule has 0 aromatic carbocycles. The van der Waals surface area contributed by atoms with E-state index in [9.17, 15) is 8.42 Å². The maximum absolute atomic E-state index is 11.3. The van der Waals surface area contributed by atoms with Crippen molar-refractivity contribution in [3.63, 3.8) is 0 Å². The first kappa shape index (κ1) is 10.9. The fourth-order valence-corrected chi connectivity index (χ4v) is 1.79. The highest BCUT2D eigenvalue weighted by molar-refractivity contribution is 7.90. The van der Waals surface area contributed by atoms with Crippen LogP contribution in [0.3, 0.4) is 0 Å². The number of methoxy groups -OCH3 is 1. The first-order chi connectivity index (χ1) is 6.49. The van der Waals surface area contributed by atoms with E-state index in [1.807, 2.05) is 0 Å². The third kappa shape index (κ3) is 2.18. The number of ether oxygens (including phenoxy) is 1. The van der Waals surface area contributed by atoms with Crippen molar-refractivity contribution < 1.29 is 13.2 Å². The smallest absolute Gasteiger partial charge is 0.317 e. The summed E-state index contributed by atoms with van der Waals surface area (Å²) in [6.45, 7) is 0.0758. The molecule has 1 rings (SSSR count). The van der Waals surface area contributed by atoms with Crippen LogP contribution in [0, 0.1) is 0 Å². The molecule has 0 amide bonds. The highest BCUT2D eigenvalue weighted by Crippen LogP contribution is 2.14. The third-order valence-electron chi connectivity index (χ3n) is 1.56. The van der Waals surface area contributed by atoms with Crippen molar-refractivity contribution in [2.75, 3.05) is 13.4 Å². The van der Waals surface area contributed by atoms with Crippen LogP contribution in [0.4, 0.5) is 0 Å². The topological polar surface area (TPSA) is 95.2 Å². The first-order valence-corrected chi connectivity index (χ1v) is 5.68. The lowest BCUT2D eigenvalue weighted by atomic mass is 10.3. The maximum atomic E-state index is 11.3. The molecule has 0 aliphatic heterocycles. The summed E-state index contributed by atoms with van der Waals surface area (Å²) in [5.74, 6) is 0. The molecule has 14 heavy (non-hydrogen) atoms. The van der Waals surface area contributed by atoms with Gasteiger partial charge in [-0.05, 0) is 0 Å². The maximum Gasteiger partial charge on any atom is 0.317 e. The summed E-state index contributed by atoms with van der Waals surface area (Å²) in [5, 5.41) is -0.0770. The summed E-state index contributed by atoms with van der Waals surface area (Å²) in [6, 6.07) is 0.0163. The van der Waals surface area contributed by atoms with E-state index in [4.69, 9.17) is 10.5 Å². The average molecular weight is 217 g/mol. The van der Waals surface area contributed by atoms with E-state index in [0.29, 0.717) is 5.56 Å². The molecule has 1 aromatic heterocycles. The minimum atomic E-state index is -3.39. The van der Waals surface area contributed by atoms with Gasteiger partial charge in [-0.3, -0.25) is 0 Å². The Morgan fingerprint density at radius 2 is 2.21 bits per heavy atom. The fourth-order valence-electron chi connectivity index (χ4n) is 0.935. The molecule has 78 valence electrons. The van der Waals surface area contributed by atoms with E-state index in [2.05, 4.69) is 9.97 Å². The van der Waals surface area contributed by atoms with Crippen LogP contribution in [0.15, 0.2) is 11.2 Å². The van der Waals surface area contributed by atoms with E-state index in [1.54, 1.807) is 0 Å². The Bertz CT molecular complexity index is 430. The molecule has 0 saturated heterocycles. The van der Waals surface area contributed by atoms with Gasteiger partial charge >= 0.3 is 6.01 Å². The number of hydrogen-bond donors (Lipinski definition) is 1. The summed E-state index contributed by atoms with van der Waals surface area (Å²) in [4.78, 5) is 7.50. The van der Waals surface area contributed by atoms with E-state index < -0.39 is 9.84 Å². The lowest BCUT2D eigenvalue weighted by molar-refractivity contribution is 0.374. The van der Waals surface area contributed by atoms with Gasteiger partial charge in [-0.2, -0.15) is 4.98 Å². The van der Waals surface area contributed by atoms with Gasteiger partial charge in [0.15, 0.2) is 14.9 Å². The predicted octanol–water partition coefficient (Wildman–Crippen LogP) is -0.653.